The van der Waals surface area contributed by atoms with Gasteiger partial charge < -0.3 is 0 Å². The fourth-order valence-corrected chi connectivity index (χ4v) is 1.49. The Morgan fingerprint density at radius 3 is 2.22 bits per heavy atom. The molecule has 0 fully saturated rings. The lowest BCUT2D eigenvalue weighted by molar-refractivity contribution is -0.166. The van der Waals surface area contributed by atoms with Crippen LogP contribution in [0.15, 0.2) is 36.4 Å². The normalized spacial score (nSPS) is 12.7. The molecule has 2 aromatic rings. The van der Waals surface area contributed by atoms with Gasteiger partial charge in [-0.25, -0.2) is 0 Å². The molecule has 0 aliphatic carbocycles. The topological polar surface area (TPSA) is 28.7 Å². The summed E-state index contributed by atoms with van der Waals surface area (Å²) in [6, 6.07) is 9.19. The number of hydrogen-bond donors (Lipinski definition) is 1. The van der Waals surface area contributed by atoms with Crippen molar-refractivity contribution < 1.29 is 17.6 Å². The summed E-state index contributed by atoms with van der Waals surface area (Å²) in [5.41, 5.74) is -0.346. The third kappa shape index (κ3) is 2.20. The monoisotopic (exact) mass is 278 g/mol. The van der Waals surface area contributed by atoms with Crippen LogP contribution in [0.2, 0.25) is 0 Å². The minimum absolute atomic E-state index is 0.145. The van der Waals surface area contributed by atoms with E-state index in [1.807, 2.05) is 5.10 Å². The highest BCUT2D eigenvalue weighted by molar-refractivity contribution is 6.22. The molecule has 0 aliphatic rings. The lowest BCUT2D eigenvalue weighted by Gasteiger charge is -2.18. The van der Waals surface area contributed by atoms with E-state index < -0.39 is 17.0 Å². The molecular weight excluding hydrogens is 272 g/mol. The standard InChI is InChI=1S/C11H7ClF4N2/c12-11(15,16)10(13,14)9-6-8(17-18-9)7-4-2-1-3-5-7/h1-6H,(H,17,18). The second-order valence-electron chi connectivity index (χ2n) is 3.61. The van der Waals surface area contributed by atoms with Crippen LogP contribution in [0.5, 0.6) is 0 Å². The van der Waals surface area contributed by atoms with E-state index in [1.165, 1.54) is 0 Å². The van der Waals surface area contributed by atoms with Crippen LogP contribution in [0.4, 0.5) is 17.6 Å². The van der Waals surface area contributed by atoms with Crippen molar-refractivity contribution in [1.29, 1.82) is 0 Å². The van der Waals surface area contributed by atoms with Gasteiger partial charge in [0.2, 0.25) is 0 Å². The minimum Gasteiger partial charge on any atom is -0.276 e. The maximum absolute atomic E-state index is 13.2. The lowest BCUT2D eigenvalue weighted by Crippen LogP contribution is -2.33. The zero-order chi connectivity index (χ0) is 13.4. The van der Waals surface area contributed by atoms with Crippen molar-refractivity contribution >= 4 is 11.6 Å². The molecule has 1 N–H and O–H groups in total. The number of hydrogen-bond acceptors (Lipinski definition) is 1. The van der Waals surface area contributed by atoms with Crippen molar-refractivity contribution in [2.45, 2.75) is 11.3 Å². The van der Waals surface area contributed by atoms with Crippen LogP contribution in [-0.2, 0) is 5.92 Å². The fourth-order valence-electron chi connectivity index (χ4n) is 1.39. The van der Waals surface area contributed by atoms with Crippen LogP contribution in [0.1, 0.15) is 5.69 Å². The number of nitrogens with zero attached hydrogens (tertiary/aromatic N) is 1. The maximum atomic E-state index is 13.2. The van der Waals surface area contributed by atoms with Crippen LogP contribution in [0.3, 0.4) is 0 Å². The summed E-state index contributed by atoms with van der Waals surface area (Å²) in [6.45, 7) is 0. The summed E-state index contributed by atoms with van der Waals surface area (Å²) in [4.78, 5) is 0. The number of nitrogens with one attached hydrogen (secondary N) is 1. The predicted molar refractivity (Wildman–Crippen MR) is 58.7 cm³/mol. The number of benzene rings is 1. The Kier molecular flexibility index (Phi) is 3.06. The van der Waals surface area contributed by atoms with Crippen LogP contribution in [0, 0.1) is 0 Å². The van der Waals surface area contributed by atoms with Crippen molar-refractivity contribution in [3.63, 3.8) is 0 Å². The number of rotatable bonds is 3. The third-order valence-corrected chi connectivity index (χ3v) is 2.58. The summed E-state index contributed by atoms with van der Waals surface area (Å²) < 4.78 is 51.6. The smallest absolute Gasteiger partial charge is 0.276 e. The molecule has 7 heteroatoms. The average Bonchev–Trinajstić information content (AvgIpc) is 2.78. The largest absolute Gasteiger partial charge is 0.390 e. The van der Waals surface area contributed by atoms with Crippen LogP contribution in [-0.4, -0.2) is 15.6 Å². The maximum Gasteiger partial charge on any atom is 0.390 e. The van der Waals surface area contributed by atoms with Crippen molar-refractivity contribution in [1.82, 2.24) is 10.2 Å². The highest BCUT2D eigenvalue weighted by atomic mass is 35.5. The van der Waals surface area contributed by atoms with Gasteiger partial charge in [-0.3, -0.25) is 5.10 Å². The molecule has 0 bridgehead atoms. The molecule has 0 aliphatic heterocycles. The third-order valence-electron chi connectivity index (χ3n) is 2.34. The first kappa shape index (κ1) is 12.9. The average molecular weight is 279 g/mol. The van der Waals surface area contributed by atoms with Gasteiger partial charge in [-0.15, -0.1) is 0 Å². The van der Waals surface area contributed by atoms with Gasteiger partial charge in [0.1, 0.15) is 5.69 Å². The number of aromatic amines is 1. The molecule has 1 heterocycles. The second kappa shape index (κ2) is 4.28. The van der Waals surface area contributed by atoms with Crippen molar-refractivity contribution in [2.24, 2.45) is 0 Å². The summed E-state index contributed by atoms with van der Waals surface area (Å²) >= 11 is 4.38. The first-order chi connectivity index (χ1) is 8.32. The fraction of sp³-hybridized carbons (Fsp3) is 0.182. The van der Waals surface area contributed by atoms with E-state index in [0.717, 1.165) is 6.07 Å². The van der Waals surface area contributed by atoms with Gasteiger partial charge in [-0.2, -0.15) is 22.7 Å². The zero-order valence-electron chi connectivity index (χ0n) is 8.80. The Hall–Kier alpha value is -1.56. The molecule has 0 atom stereocenters. The molecule has 0 unspecified atom stereocenters. The van der Waals surface area contributed by atoms with E-state index in [1.54, 1.807) is 30.3 Å². The predicted octanol–water partition coefficient (Wildman–Crippen LogP) is 4.00. The molecule has 0 spiro atoms. The quantitative estimate of drug-likeness (QED) is 0.667. The number of alkyl halides is 5. The minimum atomic E-state index is -4.67. The molecule has 96 valence electrons. The van der Waals surface area contributed by atoms with Crippen molar-refractivity contribution in [2.75, 3.05) is 0 Å². The Balaban J connectivity index is 2.38. The van der Waals surface area contributed by atoms with Gasteiger partial charge >= 0.3 is 11.3 Å². The van der Waals surface area contributed by atoms with E-state index in [0.29, 0.717) is 5.56 Å². The van der Waals surface area contributed by atoms with E-state index in [9.17, 15) is 17.6 Å². The molecule has 0 saturated carbocycles. The highest BCUT2D eigenvalue weighted by Gasteiger charge is 2.57. The summed E-state index contributed by atoms with van der Waals surface area (Å²) in [5, 5.41) is 0.783. The summed E-state index contributed by atoms with van der Waals surface area (Å²) in [6.07, 6.45) is 0. The highest BCUT2D eigenvalue weighted by Crippen LogP contribution is 2.45. The number of aromatic nitrogens is 2. The van der Waals surface area contributed by atoms with E-state index in [4.69, 9.17) is 0 Å². The molecule has 1 aromatic carbocycles. The first-order valence-corrected chi connectivity index (χ1v) is 5.26. The van der Waals surface area contributed by atoms with Gasteiger partial charge in [0.15, 0.2) is 0 Å². The van der Waals surface area contributed by atoms with Gasteiger partial charge in [0.25, 0.3) is 0 Å². The van der Waals surface area contributed by atoms with Crippen LogP contribution < -0.4 is 0 Å². The molecule has 0 radical (unpaired) electrons. The molecule has 1 aromatic heterocycles. The van der Waals surface area contributed by atoms with Gasteiger partial charge in [-0.05, 0) is 17.7 Å². The number of H-pyrrole nitrogens is 1. The SMILES string of the molecule is FC(F)(Cl)C(F)(F)c1cc(-c2ccccc2)n[nH]1. The Labute approximate surface area is 105 Å². The van der Waals surface area contributed by atoms with E-state index >= 15 is 0 Å². The molecule has 0 amide bonds. The zero-order valence-corrected chi connectivity index (χ0v) is 9.56. The van der Waals surface area contributed by atoms with Crippen LogP contribution in [0.25, 0.3) is 11.3 Å². The Morgan fingerprint density at radius 2 is 1.67 bits per heavy atom. The van der Waals surface area contributed by atoms with Gasteiger partial charge in [0.05, 0.1) is 5.69 Å². The van der Waals surface area contributed by atoms with Gasteiger partial charge in [-0.1, -0.05) is 30.3 Å². The van der Waals surface area contributed by atoms with E-state index in [2.05, 4.69) is 16.7 Å². The lowest BCUT2D eigenvalue weighted by atomic mass is 10.1. The first-order valence-electron chi connectivity index (χ1n) is 4.88. The van der Waals surface area contributed by atoms with E-state index in [-0.39, 0.29) is 5.69 Å². The van der Waals surface area contributed by atoms with Gasteiger partial charge in [0, 0.05) is 5.56 Å². The Morgan fingerprint density at radius 1 is 1.06 bits per heavy atom. The molecule has 18 heavy (non-hydrogen) atoms. The summed E-state index contributed by atoms with van der Waals surface area (Å²) in [7, 11) is 0. The van der Waals surface area contributed by atoms with Crippen molar-refractivity contribution in [3.05, 3.63) is 42.1 Å². The number of halogens is 5. The Bertz CT molecular complexity index is 533. The molecule has 2 rings (SSSR count). The molecule has 2 nitrogen and oxygen atoms in total. The summed E-state index contributed by atoms with van der Waals surface area (Å²) in [5.74, 6) is -4.51. The second-order valence-corrected chi connectivity index (χ2v) is 4.08. The van der Waals surface area contributed by atoms with Crippen molar-refractivity contribution in [3.8, 4) is 11.3 Å². The molecular formula is C11H7ClF4N2. The van der Waals surface area contributed by atoms with Crippen LogP contribution >= 0.6 is 11.6 Å². The molecule has 0 saturated heterocycles.